The van der Waals surface area contributed by atoms with Gasteiger partial charge >= 0.3 is 0 Å². The van der Waals surface area contributed by atoms with Crippen LogP contribution in [0.3, 0.4) is 0 Å². The summed E-state index contributed by atoms with van der Waals surface area (Å²) in [4.78, 5) is 25.9. The summed E-state index contributed by atoms with van der Waals surface area (Å²) in [5.41, 5.74) is 0. The minimum atomic E-state index is -0.252. The molecular formula is C16H27N3O3. The van der Waals surface area contributed by atoms with Crippen molar-refractivity contribution in [1.82, 2.24) is 10.1 Å². The molecule has 6 nitrogen and oxygen atoms in total. The molecule has 0 radical (unpaired) electrons. The SMILES string of the molecule is CCCCCCN(CC(=O)Nc1cc(C)on1)C(=O)C(C)C. The lowest BCUT2D eigenvalue weighted by atomic mass is 10.1. The van der Waals surface area contributed by atoms with Gasteiger partial charge in [0.05, 0.1) is 6.54 Å². The van der Waals surface area contributed by atoms with Crippen LogP contribution in [0.2, 0.25) is 0 Å². The number of rotatable bonds is 9. The van der Waals surface area contributed by atoms with Crippen LogP contribution in [0.4, 0.5) is 5.82 Å². The number of unbranched alkanes of at least 4 members (excludes halogenated alkanes) is 3. The molecule has 0 saturated heterocycles. The van der Waals surface area contributed by atoms with Gasteiger partial charge in [-0.1, -0.05) is 45.2 Å². The molecule has 1 aromatic rings. The average molecular weight is 309 g/mol. The minimum Gasteiger partial charge on any atom is -0.360 e. The molecule has 1 N–H and O–H groups in total. The zero-order chi connectivity index (χ0) is 16.5. The van der Waals surface area contributed by atoms with Crippen molar-refractivity contribution in [3.63, 3.8) is 0 Å². The molecule has 22 heavy (non-hydrogen) atoms. The topological polar surface area (TPSA) is 75.4 Å². The number of hydrogen-bond acceptors (Lipinski definition) is 4. The van der Waals surface area contributed by atoms with Crippen molar-refractivity contribution in [3.8, 4) is 0 Å². The highest BCUT2D eigenvalue weighted by molar-refractivity contribution is 5.94. The van der Waals surface area contributed by atoms with Gasteiger partial charge in [-0.3, -0.25) is 9.59 Å². The maximum Gasteiger partial charge on any atom is 0.245 e. The van der Waals surface area contributed by atoms with Crippen LogP contribution in [0.25, 0.3) is 0 Å². The average Bonchev–Trinajstić information content (AvgIpc) is 2.86. The Balaban J connectivity index is 2.54. The number of anilines is 1. The first-order valence-electron chi connectivity index (χ1n) is 7.96. The van der Waals surface area contributed by atoms with Gasteiger partial charge in [-0.25, -0.2) is 0 Å². The van der Waals surface area contributed by atoms with E-state index in [1.807, 2.05) is 13.8 Å². The van der Waals surface area contributed by atoms with Crippen molar-refractivity contribution in [1.29, 1.82) is 0 Å². The largest absolute Gasteiger partial charge is 0.360 e. The lowest BCUT2D eigenvalue weighted by Crippen LogP contribution is -2.40. The summed E-state index contributed by atoms with van der Waals surface area (Å²) in [6, 6.07) is 1.65. The summed E-state index contributed by atoms with van der Waals surface area (Å²) in [6.45, 7) is 8.26. The van der Waals surface area contributed by atoms with Crippen LogP contribution in [0.1, 0.15) is 52.2 Å². The first-order valence-corrected chi connectivity index (χ1v) is 7.96. The van der Waals surface area contributed by atoms with E-state index in [1.165, 1.54) is 0 Å². The molecule has 6 heteroatoms. The van der Waals surface area contributed by atoms with E-state index in [2.05, 4.69) is 17.4 Å². The summed E-state index contributed by atoms with van der Waals surface area (Å²) in [5, 5.41) is 6.37. The number of nitrogens with one attached hydrogen (secondary N) is 1. The van der Waals surface area contributed by atoms with Crippen molar-refractivity contribution in [2.24, 2.45) is 5.92 Å². The van der Waals surface area contributed by atoms with Crippen molar-refractivity contribution in [2.75, 3.05) is 18.4 Å². The van der Waals surface area contributed by atoms with E-state index in [-0.39, 0.29) is 24.3 Å². The Morgan fingerprint density at radius 3 is 2.59 bits per heavy atom. The summed E-state index contributed by atoms with van der Waals surface area (Å²) < 4.78 is 4.90. The predicted octanol–water partition coefficient (Wildman–Crippen LogP) is 2.99. The number of nitrogens with zero attached hydrogens (tertiary/aromatic N) is 2. The third-order valence-electron chi connectivity index (χ3n) is 3.32. The fraction of sp³-hybridized carbons (Fsp3) is 0.688. The van der Waals surface area contributed by atoms with Gasteiger partial charge in [0.25, 0.3) is 0 Å². The fourth-order valence-corrected chi connectivity index (χ4v) is 2.14. The molecular weight excluding hydrogens is 282 g/mol. The third kappa shape index (κ3) is 6.28. The predicted molar refractivity (Wildman–Crippen MR) is 85.4 cm³/mol. The minimum absolute atomic E-state index is 0.00276. The highest BCUT2D eigenvalue weighted by Gasteiger charge is 2.20. The molecule has 2 amide bonds. The van der Waals surface area contributed by atoms with E-state index in [0.717, 1.165) is 25.7 Å². The van der Waals surface area contributed by atoms with Gasteiger partial charge in [0.1, 0.15) is 5.76 Å². The van der Waals surface area contributed by atoms with Gasteiger partial charge in [0.15, 0.2) is 5.82 Å². The first-order chi connectivity index (χ1) is 10.4. The maximum absolute atomic E-state index is 12.2. The molecule has 1 aromatic heterocycles. The van der Waals surface area contributed by atoms with Crippen LogP contribution in [-0.2, 0) is 9.59 Å². The van der Waals surface area contributed by atoms with E-state index in [0.29, 0.717) is 18.1 Å². The molecule has 0 spiro atoms. The van der Waals surface area contributed by atoms with Crippen LogP contribution in [0.5, 0.6) is 0 Å². The second-order valence-electron chi connectivity index (χ2n) is 5.85. The Morgan fingerprint density at radius 1 is 1.32 bits per heavy atom. The van der Waals surface area contributed by atoms with Gasteiger partial charge in [-0.2, -0.15) is 0 Å². The molecule has 0 bridgehead atoms. The molecule has 124 valence electrons. The molecule has 0 fully saturated rings. The number of aromatic nitrogens is 1. The molecule has 0 aliphatic heterocycles. The Labute approximate surface area is 132 Å². The van der Waals surface area contributed by atoms with Gasteiger partial charge in [-0.05, 0) is 13.3 Å². The van der Waals surface area contributed by atoms with Crippen molar-refractivity contribution >= 4 is 17.6 Å². The molecule has 0 aromatic carbocycles. The smallest absolute Gasteiger partial charge is 0.245 e. The highest BCUT2D eigenvalue weighted by atomic mass is 16.5. The van der Waals surface area contributed by atoms with E-state index in [4.69, 9.17) is 4.52 Å². The Morgan fingerprint density at radius 2 is 2.05 bits per heavy atom. The normalized spacial score (nSPS) is 10.8. The second-order valence-corrected chi connectivity index (χ2v) is 5.85. The lowest BCUT2D eigenvalue weighted by molar-refractivity contribution is -0.137. The van der Waals surface area contributed by atoms with E-state index >= 15 is 0 Å². The molecule has 0 saturated carbocycles. The first kappa shape index (κ1) is 18.2. The van der Waals surface area contributed by atoms with Crippen molar-refractivity contribution in [3.05, 3.63) is 11.8 Å². The van der Waals surface area contributed by atoms with E-state index in [9.17, 15) is 9.59 Å². The lowest BCUT2D eigenvalue weighted by Gasteiger charge is -2.23. The number of aryl methyl sites for hydroxylation is 1. The van der Waals surface area contributed by atoms with Crippen LogP contribution in [0, 0.1) is 12.8 Å². The number of hydrogen-bond donors (Lipinski definition) is 1. The van der Waals surface area contributed by atoms with Crippen molar-refractivity contribution < 1.29 is 14.1 Å². The number of amides is 2. The number of carbonyl (C=O) groups is 2. The Hall–Kier alpha value is -1.85. The molecule has 0 atom stereocenters. The van der Waals surface area contributed by atoms with Crippen LogP contribution >= 0.6 is 0 Å². The molecule has 1 heterocycles. The summed E-state index contributed by atoms with van der Waals surface area (Å²) in [6.07, 6.45) is 4.28. The zero-order valence-corrected chi connectivity index (χ0v) is 14.0. The molecule has 0 aliphatic carbocycles. The van der Waals surface area contributed by atoms with Gasteiger partial charge < -0.3 is 14.7 Å². The highest BCUT2D eigenvalue weighted by Crippen LogP contribution is 2.09. The Kier molecular flexibility index (Phi) is 7.63. The van der Waals surface area contributed by atoms with Gasteiger partial charge in [-0.15, -0.1) is 0 Å². The molecule has 0 aliphatic rings. The van der Waals surface area contributed by atoms with Crippen molar-refractivity contribution in [2.45, 2.75) is 53.4 Å². The summed E-state index contributed by atoms with van der Waals surface area (Å²) in [5.74, 6) is 0.643. The fourth-order valence-electron chi connectivity index (χ4n) is 2.14. The molecule has 0 unspecified atom stereocenters. The van der Waals surface area contributed by atoms with E-state index in [1.54, 1.807) is 17.9 Å². The maximum atomic E-state index is 12.2. The monoisotopic (exact) mass is 309 g/mol. The second kappa shape index (κ2) is 9.23. The standard InChI is InChI=1S/C16H27N3O3/c1-5-6-7-8-9-19(16(21)12(2)3)11-15(20)17-14-10-13(4)22-18-14/h10,12H,5-9,11H2,1-4H3,(H,17,18,20). The van der Waals surface area contributed by atoms with Crippen LogP contribution in [-0.4, -0.2) is 35.0 Å². The van der Waals surface area contributed by atoms with E-state index < -0.39 is 0 Å². The van der Waals surface area contributed by atoms with Gasteiger partial charge in [0, 0.05) is 18.5 Å². The molecule has 1 rings (SSSR count). The summed E-state index contributed by atoms with van der Waals surface area (Å²) in [7, 11) is 0. The van der Waals surface area contributed by atoms with Crippen LogP contribution in [0.15, 0.2) is 10.6 Å². The summed E-state index contributed by atoms with van der Waals surface area (Å²) >= 11 is 0. The Bertz CT molecular complexity index is 483. The number of carbonyl (C=O) groups excluding carboxylic acids is 2. The van der Waals surface area contributed by atoms with Crippen LogP contribution < -0.4 is 5.32 Å². The van der Waals surface area contributed by atoms with Gasteiger partial charge in [0.2, 0.25) is 11.8 Å². The third-order valence-corrected chi connectivity index (χ3v) is 3.32. The zero-order valence-electron chi connectivity index (χ0n) is 14.0. The quantitative estimate of drug-likeness (QED) is 0.712.